The highest BCUT2D eigenvalue weighted by Gasteiger charge is 2.38. The van der Waals surface area contributed by atoms with Gasteiger partial charge >= 0.3 is 18.2 Å². The van der Waals surface area contributed by atoms with Crippen molar-refractivity contribution in [3.8, 4) is 0 Å². The summed E-state index contributed by atoms with van der Waals surface area (Å²) >= 11 is 0. The predicted molar refractivity (Wildman–Crippen MR) is 165 cm³/mol. The number of alkyl halides is 4. The molecule has 1 aliphatic rings. The third-order valence-electron chi connectivity index (χ3n) is 7.90. The molecule has 0 bridgehead atoms. The van der Waals surface area contributed by atoms with Gasteiger partial charge in [-0.15, -0.1) is 0 Å². The number of fused-ring (bicyclic) bond motifs is 1. The van der Waals surface area contributed by atoms with Crippen LogP contribution in [0.4, 0.5) is 28.0 Å². The zero-order valence-electron chi connectivity index (χ0n) is 26.9. The predicted octanol–water partition coefficient (Wildman–Crippen LogP) is 4.86. The molecule has 254 valence electrons. The van der Waals surface area contributed by atoms with Crippen molar-refractivity contribution in [2.45, 2.75) is 71.2 Å². The molecule has 15 heteroatoms. The molecule has 1 saturated heterocycles. The number of aliphatic carboxylic acids is 1. The normalized spacial score (nSPS) is 17.0. The van der Waals surface area contributed by atoms with E-state index in [4.69, 9.17) is 9.84 Å². The van der Waals surface area contributed by atoms with Crippen LogP contribution in [0.1, 0.15) is 54.5 Å². The zero-order chi connectivity index (χ0) is 35.0. The van der Waals surface area contributed by atoms with Crippen LogP contribution in [0.3, 0.4) is 0 Å². The van der Waals surface area contributed by atoms with E-state index in [1.807, 2.05) is 0 Å². The first kappa shape index (κ1) is 35.2. The molecule has 1 N–H and O–H groups in total. The Balaban J connectivity index is 1.51. The number of amides is 2. The highest BCUT2D eigenvalue weighted by atomic mass is 19.4. The van der Waals surface area contributed by atoms with E-state index in [9.17, 15) is 32.3 Å². The van der Waals surface area contributed by atoms with Crippen molar-refractivity contribution in [3.05, 3.63) is 69.3 Å². The summed E-state index contributed by atoms with van der Waals surface area (Å²) in [6.45, 7) is 5.46. The summed E-state index contributed by atoms with van der Waals surface area (Å²) in [5.74, 6) is -1.77. The second kappa shape index (κ2) is 13.2. The van der Waals surface area contributed by atoms with Gasteiger partial charge in [0, 0.05) is 38.4 Å². The van der Waals surface area contributed by atoms with Crippen molar-refractivity contribution in [1.82, 2.24) is 19.4 Å². The zero-order valence-corrected chi connectivity index (χ0v) is 26.9. The van der Waals surface area contributed by atoms with E-state index < -0.39 is 59.6 Å². The van der Waals surface area contributed by atoms with Crippen molar-refractivity contribution >= 4 is 34.6 Å². The molecule has 11 nitrogen and oxygen atoms in total. The summed E-state index contributed by atoms with van der Waals surface area (Å²) in [4.78, 5) is 57.9. The number of carbonyl (C=O) groups excluding carboxylic acids is 2. The number of nitrogens with zero attached hydrogens (tertiary/aromatic N) is 5. The van der Waals surface area contributed by atoms with E-state index in [-0.39, 0.29) is 53.9 Å². The van der Waals surface area contributed by atoms with Gasteiger partial charge in [-0.25, -0.2) is 14.2 Å². The molecule has 0 unspecified atom stereocenters. The number of aromatic nitrogens is 2. The van der Waals surface area contributed by atoms with Crippen LogP contribution in [0.25, 0.3) is 10.9 Å². The lowest BCUT2D eigenvalue weighted by atomic mass is 10.0. The number of piperidine rings is 1. The summed E-state index contributed by atoms with van der Waals surface area (Å²) < 4.78 is 63.7. The number of halogens is 4. The maximum absolute atomic E-state index is 15.2. The van der Waals surface area contributed by atoms with Crippen LogP contribution in [0.2, 0.25) is 0 Å². The lowest BCUT2D eigenvalue weighted by Crippen LogP contribution is -2.54. The number of hydrogen-bond donors (Lipinski definition) is 1. The molecule has 0 spiro atoms. The van der Waals surface area contributed by atoms with Gasteiger partial charge in [-0.2, -0.15) is 13.2 Å². The second-order valence-corrected chi connectivity index (χ2v) is 12.6. The van der Waals surface area contributed by atoms with Crippen molar-refractivity contribution < 1.29 is 41.8 Å². The average molecular weight is 664 g/mol. The van der Waals surface area contributed by atoms with Gasteiger partial charge in [-0.05, 0) is 76.1 Å². The molecule has 4 rings (SSSR count). The fourth-order valence-electron chi connectivity index (χ4n) is 5.51. The fourth-order valence-corrected chi connectivity index (χ4v) is 5.51. The molecule has 1 aromatic heterocycles. The lowest BCUT2D eigenvalue weighted by Gasteiger charge is -2.39. The third kappa shape index (κ3) is 8.00. The molecular weight excluding hydrogens is 626 g/mol. The molecule has 2 aromatic carbocycles. The van der Waals surface area contributed by atoms with Gasteiger partial charge < -0.3 is 24.5 Å². The van der Waals surface area contributed by atoms with E-state index in [1.165, 1.54) is 47.9 Å². The van der Waals surface area contributed by atoms with E-state index in [0.29, 0.717) is 5.69 Å². The van der Waals surface area contributed by atoms with Crippen molar-refractivity contribution in [2.24, 2.45) is 0 Å². The highest BCUT2D eigenvalue weighted by Crippen LogP contribution is 2.35. The SMILES string of the molecule is Cc1nc2cc(C(F)(F)F)c(CN(C)c3ccc(C(=O)N4CC[C@@H](N(C)C(=O)OC(C)(C)C)[C@@H](F)C4)cc3)cc2c(=O)n1CC(=O)O. The Morgan fingerprint density at radius 3 is 2.28 bits per heavy atom. The second-order valence-electron chi connectivity index (χ2n) is 12.6. The summed E-state index contributed by atoms with van der Waals surface area (Å²) in [6.07, 6.45) is -6.73. The minimum absolute atomic E-state index is 0.0305. The van der Waals surface area contributed by atoms with Gasteiger partial charge in [0.15, 0.2) is 0 Å². The van der Waals surface area contributed by atoms with Gasteiger partial charge in [-0.1, -0.05) is 0 Å². The van der Waals surface area contributed by atoms with Gasteiger partial charge in [0.1, 0.15) is 24.1 Å². The number of carboxylic acids is 1. The van der Waals surface area contributed by atoms with Crippen molar-refractivity contribution in [1.29, 1.82) is 0 Å². The van der Waals surface area contributed by atoms with Gasteiger partial charge in [0.2, 0.25) is 0 Å². The Labute approximate surface area is 268 Å². The molecule has 2 heterocycles. The monoisotopic (exact) mass is 663 g/mol. The third-order valence-corrected chi connectivity index (χ3v) is 7.90. The Bertz CT molecular complexity index is 1740. The van der Waals surface area contributed by atoms with Crippen LogP contribution in [0.15, 0.2) is 41.2 Å². The van der Waals surface area contributed by atoms with Crippen LogP contribution >= 0.6 is 0 Å². The van der Waals surface area contributed by atoms with E-state index in [1.54, 1.807) is 32.9 Å². The molecule has 0 radical (unpaired) electrons. The summed E-state index contributed by atoms with van der Waals surface area (Å²) in [5, 5.41) is 9.01. The lowest BCUT2D eigenvalue weighted by molar-refractivity contribution is -0.138. The maximum Gasteiger partial charge on any atom is 0.416 e. The molecular formula is C32H37F4N5O6. The molecule has 2 atom stereocenters. The van der Waals surface area contributed by atoms with Crippen LogP contribution in [0.5, 0.6) is 0 Å². The minimum atomic E-state index is -4.77. The number of likely N-dealkylation sites (tertiary alicyclic amines) is 1. The first-order valence-electron chi connectivity index (χ1n) is 14.8. The summed E-state index contributed by atoms with van der Waals surface area (Å²) in [5.41, 5.74) is -2.24. The van der Waals surface area contributed by atoms with Crippen LogP contribution in [-0.4, -0.2) is 87.4 Å². The number of aryl methyl sites for hydroxylation is 1. The van der Waals surface area contributed by atoms with Gasteiger partial charge in [0.25, 0.3) is 11.5 Å². The molecule has 0 saturated carbocycles. The number of rotatable bonds is 7. The Morgan fingerprint density at radius 2 is 1.72 bits per heavy atom. The van der Waals surface area contributed by atoms with Crippen LogP contribution in [-0.2, 0) is 28.8 Å². The van der Waals surface area contributed by atoms with Crippen LogP contribution < -0.4 is 10.5 Å². The van der Waals surface area contributed by atoms with Crippen molar-refractivity contribution in [3.63, 3.8) is 0 Å². The smallest absolute Gasteiger partial charge is 0.416 e. The molecule has 1 fully saturated rings. The average Bonchev–Trinajstić information content (AvgIpc) is 2.97. The summed E-state index contributed by atoms with van der Waals surface area (Å²) in [7, 11) is 3.00. The number of anilines is 1. The topological polar surface area (TPSA) is 125 Å². The first-order valence-corrected chi connectivity index (χ1v) is 14.8. The maximum atomic E-state index is 15.2. The van der Waals surface area contributed by atoms with Gasteiger partial charge in [0.05, 0.1) is 29.1 Å². The Kier molecular flexibility index (Phi) is 9.88. The molecule has 2 amide bonds. The number of benzene rings is 2. The standard InChI is InChI=1S/C32H37F4N5O6/c1-18-37-25-14-23(32(34,35)36)20(13-22(25)29(45)41(18)17-27(42)43)15-38(5)21-9-7-19(8-10-21)28(44)40-12-11-26(24(33)16-40)39(6)30(46)47-31(2,3)4/h7-10,13-14,24,26H,11-12,15-17H2,1-6H3,(H,42,43)/t24-,26+/m0/s1. The fraction of sp³-hybridized carbons (Fsp3) is 0.469. The van der Waals surface area contributed by atoms with E-state index >= 15 is 4.39 Å². The highest BCUT2D eigenvalue weighted by molar-refractivity contribution is 5.94. The first-order chi connectivity index (χ1) is 21.8. The van der Waals surface area contributed by atoms with E-state index in [2.05, 4.69) is 4.98 Å². The summed E-state index contributed by atoms with van der Waals surface area (Å²) in [6, 6.07) is 7.17. The Morgan fingerprint density at radius 1 is 1.09 bits per heavy atom. The minimum Gasteiger partial charge on any atom is -0.480 e. The van der Waals surface area contributed by atoms with Gasteiger partial charge in [-0.3, -0.25) is 19.0 Å². The quantitative estimate of drug-likeness (QED) is 0.356. The molecule has 47 heavy (non-hydrogen) atoms. The number of ether oxygens (including phenoxy) is 1. The molecule has 0 aliphatic carbocycles. The van der Waals surface area contributed by atoms with Crippen LogP contribution in [0, 0.1) is 6.92 Å². The Hall–Kier alpha value is -4.69. The number of carbonyl (C=O) groups is 3. The number of hydrogen-bond acceptors (Lipinski definition) is 7. The van der Waals surface area contributed by atoms with Crippen molar-refractivity contribution in [2.75, 3.05) is 32.1 Å². The number of carboxylic acid groups (broad SMARTS) is 1. The van der Waals surface area contributed by atoms with E-state index in [0.717, 1.165) is 16.7 Å². The molecule has 1 aliphatic heterocycles. The largest absolute Gasteiger partial charge is 0.480 e. The molecule has 3 aromatic rings.